The van der Waals surface area contributed by atoms with Gasteiger partial charge >= 0.3 is 0 Å². The highest BCUT2D eigenvalue weighted by molar-refractivity contribution is 7.89. The zero-order valence-corrected chi connectivity index (χ0v) is 12.6. The van der Waals surface area contributed by atoms with Gasteiger partial charge in [0, 0.05) is 17.9 Å². The zero-order valence-electron chi connectivity index (χ0n) is 11.7. The van der Waals surface area contributed by atoms with Crippen molar-refractivity contribution in [3.05, 3.63) is 41.5 Å². The lowest BCUT2D eigenvalue weighted by Gasteiger charge is -2.09. The van der Waals surface area contributed by atoms with E-state index < -0.39 is 9.84 Å². The average Bonchev–Trinajstić information content (AvgIpc) is 3.16. The topological polar surface area (TPSA) is 85.1 Å². The minimum Gasteiger partial charge on any atom is -0.376 e. The van der Waals surface area contributed by atoms with Gasteiger partial charge in [-0.1, -0.05) is 23.4 Å². The maximum atomic E-state index is 11.4. The summed E-state index contributed by atoms with van der Waals surface area (Å²) in [6.07, 6.45) is 3.48. The molecule has 0 amide bonds. The molecule has 1 fully saturated rings. The molecule has 0 saturated heterocycles. The molecule has 1 aromatic carbocycles. The normalized spacial score (nSPS) is 15.1. The number of aromatic nitrogens is 2. The summed E-state index contributed by atoms with van der Waals surface area (Å²) in [4.78, 5) is 4.33. The highest BCUT2D eigenvalue weighted by atomic mass is 32.2. The van der Waals surface area contributed by atoms with Crippen LogP contribution in [0.2, 0.25) is 0 Å². The van der Waals surface area contributed by atoms with Gasteiger partial charge in [0.25, 0.3) is 0 Å². The van der Waals surface area contributed by atoms with Crippen LogP contribution in [0.25, 0.3) is 0 Å². The molecular weight excluding hydrogens is 290 g/mol. The van der Waals surface area contributed by atoms with E-state index in [0.29, 0.717) is 18.4 Å². The Balaban J connectivity index is 1.69. The Hall–Kier alpha value is -1.89. The number of sulfone groups is 1. The molecule has 0 spiro atoms. The molecule has 1 saturated carbocycles. The maximum absolute atomic E-state index is 11.4. The highest BCUT2D eigenvalue weighted by Crippen LogP contribution is 2.38. The van der Waals surface area contributed by atoms with Gasteiger partial charge in [0.15, 0.2) is 15.7 Å². The van der Waals surface area contributed by atoms with Gasteiger partial charge in [-0.15, -0.1) is 0 Å². The first-order valence-corrected chi connectivity index (χ1v) is 8.89. The Morgan fingerprint density at radius 3 is 2.81 bits per heavy atom. The third kappa shape index (κ3) is 3.81. The second-order valence-electron chi connectivity index (χ2n) is 5.40. The summed E-state index contributed by atoms with van der Waals surface area (Å²) in [6.45, 7) is 0.389. The summed E-state index contributed by atoms with van der Waals surface area (Å²) in [6, 6.07) is 7.33. The van der Waals surface area contributed by atoms with Gasteiger partial charge in [-0.05, 0) is 24.5 Å². The van der Waals surface area contributed by atoms with Crippen LogP contribution in [0.5, 0.6) is 0 Å². The summed E-state index contributed by atoms with van der Waals surface area (Å²) >= 11 is 0. The molecule has 6 nitrogen and oxygen atoms in total. The van der Waals surface area contributed by atoms with Crippen LogP contribution in [-0.2, 0) is 22.1 Å². The number of hydrogen-bond acceptors (Lipinski definition) is 6. The largest absolute Gasteiger partial charge is 0.376 e. The third-order valence-corrected chi connectivity index (χ3v) is 4.13. The fourth-order valence-corrected chi connectivity index (χ4v) is 2.94. The first-order valence-electron chi connectivity index (χ1n) is 6.83. The molecule has 1 N–H and O–H groups in total. The van der Waals surface area contributed by atoms with Crippen molar-refractivity contribution in [1.29, 1.82) is 0 Å². The maximum Gasteiger partial charge on any atom is 0.245 e. The number of anilines is 1. The van der Waals surface area contributed by atoms with Crippen LogP contribution in [-0.4, -0.2) is 24.8 Å². The van der Waals surface area contributed by atoms with E-state index in [9.17, 15) is 8.42 Å². The van der Waals surface area contributed by atoms with Crippen molar-refractivity contribution in [2.75, 3.05) is 11.6 Å². The summed E-state index contributed by atoms with van der Waals surface area (Å²) in [5.74, 6) is 1.76. The first-order chi connectivity index (χ1) is 10.0. The monoisotopic (exact) mass is 307 g/mol. The van der Waals surface area contributed by atoms with E-state index in [-0.39, 0.29) is 5.75 Å². The van der Waals surface area contributed by atoms with Crippen LogP contribution in [0.3, 0.4) is 0 Å². The molecule has 0 unspecified atom stereocenters. The van der Waals surface area contributed by atoms with E-state index in [2.05, 4.69) is 15.5 Å². The van der Waals surface area contributed by atoms with Gasteiger partial charge in [-0.2, -0.15) is 4.98 Å². The van der Waals surface area contributed by atoms with Crippen LogP contribution in [0.15, 0.2) is 28.8 Å². The van der Waals surface area contributed by atoms with Crippen LogP contribution in [0.4, 0.5) is 5.69 Å². The van der Waals surface area contributed by atoms with Crippen LogP contribution >= 0.6 is 0 Å². The van der Waals surface area contributed by atoms with Crippen LogP contribution in [0, 0.1) is 0 Å². The van der Waals surface area contributed by atoms with Crippen LogP contribution in [0.1, 0.15) is 36.0 Å². The first kappa shape index (κ1) is 14.1. The van der Waals surface area contributed by atoms with Crippen LogP contribution < -0.4 is 5.32 Å². The summed E-state index contributed by atoms with van der Waals surface area (Å²) < 4.78 is 28.1. The number of nitrogens with zero attached hydrogens (tertiary/aromatic N) is 2. The van der Waals surface area contributed by atoms with Gasteiger partial charge in [0.05, 0.1) is 12.3 Å². The minimum absolute atomic E-state index is 0.00727. The van der Waals surface area contributed by atoms with Gasteiger partial charge in [-0.25, -0.2) is 8.42 Å². The second-order valence-corrected chi connectivity index (χ2v) is 7.54. The summed E-state index contributed by atoms with van der Waals surface area (Å²) in [7, 11) is -3.07. The molecule has 0 bridgehead atoms. The van der Waals surface area contributed by atoms with Crippen molar-refractivity contribution in [3.8, 4) is 0 Å². The van der Waals surface area contributed by atoms with Crippen molar-refractivity contribution >= 4 is 15.5 Å². The van der Waals surface area contributed by atoms with E-state index in [1.165, 1.54) is 6.26 Å². The van der Waals surface area contributed by atoms with E-state index in [0.717, 1.165) is 29.9 Å². The lowest BCUT2D eigenvalue weighted by atomic mass is 10.2. The molecule has 2 aromatic rings. The fourth-order valence-electron chi connectivity index (χ4n) is 2.12. The Morgan fingerprint density at radius 1 is 1.33 bits per heavy atom. The molecule has 0 aliphatic heterocycles. The standard InChI is InChI=1S/C14H17N3O3S/c1-21(18,19)9-11-4-2-3-5-12(11)15-8-13-16-14(17-20-13)10-6-7-10/h2-5,10,15H,6-9H2,1H3. The van der Waals surface area contributed by atoms with Crippen molar-refractivity contribution in [1.82, 2.24) is 10.1 Å². The average molecular weight is 307 g/mol. The van der Waals surface area contributed by atoms with Gasteiger partial charge < -0.3 is 9.84 Å². The molecule has 112 valence electrons. The van der Waals surface area contributed by atoms with E-state index >= 15 is 0 Å². The molecule has 1 aromatic heterocycles. The van der Waals surface area contributed by atoms with E-state index in [1.54, 1.807) is 6.07 Å². The van der Waals surface area contributed by atoms with Gasteiger partial charge in [-0.3, -0.25) is 0 Å². The summed E-state index contributed by atoms with van der Waals surface area (Å²) in [5, 5.41) is 7.11. The Morgan fingerprint density at radius 2 is 2.10 bits per heavy atom. The number of nitrogens with one attached hydrogen (secondary N) is 1. The molecule has 3 rings (SSSR count). The third-order valence-electron chi connectivity index (χ3n) is 3.29. The van der Waals surface area contributed by atoms with Crippen molar-refractivity contribution < 1.29 is 12.9 Å². The predicted octanol–water partition coefficient (Wildman–Crippen LogP) is 2.10. The molecule has 1 heterocycles. The Bertz CT molecular complexity index is 735. The SMILES string of the molecule is CS(=O)(=O)Cc1ccccc1NCc1nc(C2CC2)no1. The fraction of sp³-hybridized carbons (Fsp3) is 0.429. The molecule has 1 aliphatic rings. The van der Waals surface area contributed by atoms with Crippen molar-refractivity contribution in [3.63, 3.8) is 0 Å². The lowest BCUT2D eigenvalue weighted by Crippen LogP contribution is -2.06. The molecule has 7 heteroatoms. The number of rotatable bonds is 6. The number of para-hydroxylation sites is 1. The zero-order chi connectivity index (χ0) is 14.9. The van der Waals surface area contributed by atoms with Crippen molar-refractivity contribution in [2.24, 2.45) is 0 Å². The molecule has 1 aliphatic carbocycles. The number of hydrogen-bond donors (Lipinski definition) is 1. The highest BCUT2D eigenvalue weighted by Gasteiger charge is 2.28. The quantitative estimate of drug-likeness (QED) is 0.879. The minimum atomic E-state index is -3.07. The predicted molar refractivity (Wildman–Crippen MR) is 78.6 cm³/mol. The van der Waals surface area contributed by atoms with E-state index in [1.807, 2.05) is 18.2 Å². The molecule has 21 heavy (non-hydrogen) atoms. The van der Waals surface area contributed by atoms with Gasteiger partial charge in [0.1, 0.15) is 0 Å². The second kappa shape index (κ2) is 5.48. The van der Waals surface area contributed by atoms with Crippen molar-refractivity contribution in [2.45, 2.75) is 31.1 Å². The lowest BCUT2D eigenvalue weighted by molar-refractivity contribution is 0.378. The molecule has 0 radical (unpaired) electrons. The van der Waals surface area contributed by atoms with Gasteiger partial charge in [0.2, 0.25) is 5.89 Å². The smallest absolute Gasteiger partial charge is 0.245 e. The molecule has 0 atom stereocenters. The number of benzene rings is 1. The van der Waals surface area contributed by atoms with E-state index in [4.69, 9.17) is 4.52 Å². The Labute approximate surface area is 123 Å². The molecular formula is C14H17N3O3S. The summed E-state index contributed by atoms with van der Waals surface area (Å²) in [5.41, 5.74) is 1.51. The Kier molecular flexibility index (Phi) is 3.67.